The number of nitrogen functional groups attached to an aromatic ring is 1. The summed E-state index contributed by atoms with van der Waals surface area (Å²) in [4.78, 5) is 0. The Morgan fingerprint density at radius 3 is 2.50 bits per heavy atom. The topological polar surface area (TPSA) is 49.9 Å². The summed E-state index contributed by atoms with van der Waals surface area (Å²) in [5.74, 6) is -0.303. The van der Waals surface area contributed by atoms with Crippen LogP contribution in [0.2, 0.25) is 0 Å². The number of benzene rings is 1. The number of halogens is 2. The lowest BCUT2D eigenvalue weighted by molar-refractivity contribution is 0.618. The first-order valence-corrected chi connectivity index (χ1v) is 3.22. The maximum absolute atomic E-state index is 12.7. The molecule has 0 bridgehead atoms. The molecule has 0 aliphatic heterocycles. The SMILES string of the molecule is Cc1cc(C(=N)N)ccc1F.Cl. The fraction of sp³-hybridized carbons (Fsp3) is 0.125. The van der Waals surface area contributed by atoms with Crippen LogP contribution in [0.3, 0.4) is 0 Å². The van der Waals surface area contributed by atoms with E-state index in [2.05, 4.69) is 0 Å². The molecule has 1 aromatic carbocycles. The summed E-state index contributed by atoms with van der Waals surface area (Å²) in [6.07, 6.45) is 0. The number of aryl methyl sites for hydroxylation is 1. The van der Waals surface area contributed by atoms with E-state index in [1.54, 1.807) is 13.0 Å². The molecule has 3 N–H and O–H groups in total. The Balaban J connectivity index is 0.00000121. The van der Waals surface area contributed by atoms with E-state index in [0.29, 0.717) is 11.1 Å². The summed E-state index contributed by atoms with van der Waals surface area (Å²) in [7, 11) is 0. The molecular weight excluding hydrogens is 179 g/mol. The van der Waals surface area contributed by atoms with Gasteiger partial charge in [0, 0.05) is 5.56 Å². The zero-order valence-electron chi connectivity index (χ0n) is 6.60. The average molecular weight is 189 g/mol. The molecule has 12 heavy (non-hydrogen) atoms. The van der Waals surface area contributed by atoms with Crippen LogP contribution in [0.4, 0.5) is 4.39 Å². The van der Waals surface area contributed by atoms with Crippen molar-refractivity contribution in [2.75, 3.05) is 0 Å². The second kappa shape index (κ2) is 4.07. The van der Waals surface area contributed by atoms with Gasteiger partial charge in [-0.1, -0.05) is 0 Å². The maximum Gasteiger partial charge on any atom is 0.126 e. The second-order valence-electron chi connectivity index (χ2n) is 2.38. The van der Waals surface area contributed by atoms with Gasteiger partial charge in [-0.05, 0) is 30.7 Å². The molecule has 0 fully saturated rings. The van der Waals surface area contributed by atoms with Crippen LogP contribution in [0.5, 0.6) is 0 Å². The van der Waals surface area contributed by atoms with Crippen molar-refractivity contribution < 1.29 is 4.39 Å². The number of nitrogens with two attached hydrogens (primary N) is 1. The van der Waals surface area contributed by atoms with Crippen LogP contribution in [-0.4, -0.2) is 5.84 Å². The third kappa shape index (κ3) is 2.20. The van der Waals surface area contributed by atoms with Crippen molar-refractivity contribution in [3.8, 4) is 0 Å². The average Bonchev–Trinajstić information content (AvgIpc) is 1.94. The fourth-order valence-electron chi connectivity index (χ4n) is 0.812. The van der Waals surface area contributed by atoms with Crippen LogP contribution in [0.25, 0.3) is 0 Å². The molecule has 4 heteroatoms. The van der Waals surface area contributed by atoms with Crippen LogP contribution >= 0.6 is 12.4 Å². The molecule has 0 saturated carbocycles. The van der Waals surface area contributed by atoms with Gasteiger partial charge in [-0.3, -0.25) is 5.41 Å². The van der Waals surface area contributed by atoms with Crippen LogP contribution < -0.4 is 5.73 Å². The molecule has 0 atom stereocenters. The molecule has 66 valence electrons. The van der Waals surface area contributed by atoms with Gasteiger partial charge in [-0.2, -0.15) is 0 Å². The largest absolute Gasteiger partial charge is 0.384 e. The molecule has 1 aromatic rings. The smallest absolute Gasteiger partial charge is 0.126 e. The molecule has 0 aromatic heterocycles. The predicted octanol–water partition coefficient (Wildman–Crippen LogP) is 1.84. The van der Waals surface area contributed by atoms with Gasteiger partial charge in [0.15, 0.2) is 0 Å². The molecule has 0 spiro atoms. The van der Waals surface area contributed by atoms with Crippen LogP contribution in [-0.2, 0) is 0 Å². The van der Waals surface area contributed by atoms with E-state index >= 15 is 0 Å². The van der Waals surface area contributed by atoms with E-state index in [1.165, 1.54) is 12.1 Å². The Morgan fingerprint density at radius 1 is 1.50 bits per heavy atom. The molecule has 0 unspecified atom stereocenters. The van der Waals surface area contributed by atoms with E-state index in [0.717, 1.165) is 0 Å². The second-order valence-corrected chi connectivity index (χ2v) is 2.38. The van der Waals surface area contributed by atoms with E-state index in [1.807, 2.05) is 0 Å². The van der Waals surface area contributed by atoms with Gasteiger partial charge >= 0.3 is 0 Å². The maximum atomic E-state index is 12.7. The lowest BCUT2D eigenvalue weighted by Gasteiger charge is -1.99. The van der Waals surface area contributed by atoms with E-state index in [9.17, 15) is 4.39 Å². The minimum absolute atomic E-state index is 0. The minimum atomic E-state index is -0.269. The number of hydrogen-bond donors (Lipinski definition) is 2. The molecule has 0 aliphatic carbocycles. The third-order valence-corrected chi connectivity index (χ3v) is 1.47. The molecule has 0 radical (unpaired) electrons. The Bertz CT molecular complexity index is 299. The quantitative estimate of drug-likeness (QED) is 0.513. The first-order chi connectivity index (χ1) is 5.11. The molecular formula is C8H10ClFN2. The van der Waals surface area contributed by atoms with Gasteiger partial charge in [0.2, 0.25) is 0 Å². The van der Waals surface area contributed by atoms with E-state index in [-0.39, 0.29) is 24.1 Å². The van der Waals surface area contributed by atoms with Gasteiger partial charge in [-0.15, -0.1) is 12.4 Å². The van der Waals surface area contributed by atoms with Crippen molar-refractivity contribution in [3.05, 3.63) is 35.1 Å². The predicted molar refractivity (Wildman–Crippen MR) is 49.4 cm³/mol. The van der Waals surface area contributed by atoms with Crippen molar-refractivity contribution in [2.45, 2.75) is 6.92 Å². The minimum Gasteiger partial charge on any atom is -0.384 e. The summed E-state index contributed by atoms with van der Waals surface area (Å²) in [5.41, 5.74) is 6.26. The van der Waals surface area contributed by atoms with Crippen molar-refractivity contribution in [1.29, 1.82) is 5.41 Å². The molecule has 1 rings (SSSR count). The van der Waals surface area contributed by atoms with Crippen molar-refractivity contribution in [1.82, 2.24) is 0 Å². The van der Waals surface area contributed by atoms with Gasteiger partial charge in [0.1, 0.15) is 11.7 Å². The molecule has 0 saturated heterocycles. The van der Waals surface area contributed by atoms with Crippen molar-refractivity contribution in [3.63, 3.8) is 0 Å². The third-order valence-electron chi connectivity index (χ3n) is 1.47. The zero-order valence-corrected chi connectivity index (χ0v) is 7.41. The highest BCUT2D eigenvalue weighted by molar-refractivity contribution is 5.95. The number of amidine groups is 1. The lowest BCUT2D eigenvalue weighted by Crippen LogP contribution is -2.11. The van der Waals surface area contributed by atoms with Gasteiger partial charge in [0.25, 0.3) is 0 Å². The number of hydrogen-bond acceptors (Lipinski definition) is 1. The van der Waals surface area contributed by atoms with Crippen molar-refractivity contribution >= 4 is 18.2 Å². The normalized spacial score (nSPS) is 8.83. The Hall–Kier alpha value is -1.09. The zero-order chi connectivity index (χ0) is 8.43. The highest BCUT2D eigenvalue weighted by Crippen LogP contribution is 2.07. The summed E-state index contributed by atoms with van der Waals surface area (Å²) < 4.78 is 12.7. The summed E-state index contributed by atoms with van der Waals surface area (Å²) in [6, 6.07) is 4.36. The highest BCUT2D eigenvalue weighted by atomic mass is 35.5. The summed E-state index contributed by atoms with van der Waals surface area (Å²) >= 11 is 0. The summed E-state index contributed by atoms with van der Waals surface area (Å²) in [5, 5.41) is 7.06. The monoisotopic (exact) mass is 188 g/mol. The van der Waals surface area contributed by atoms with Crippen LogP contribution in [0.15, 0.2) is 18.2 Å². The molecule has 2 nitrogen and oxygen atoms in total. The Labute approximate surface area is 76.5 Å². The van der Waals surface area contributed by atoms with Crippen LogP contribution in [0, 0.1) is 18.2 Å². The number of nitrogens with one attached hydrogen (secondary N) is 1. The number of rotatable bonds is 1. The Morgan fingerprint density at radius 2 is 2.08 bits per heavy atom. The Kier molecular flexibility index (Phi) is 3.70. The van der Waals surface area contributed by atoms with E-state index < -0.39 is 0 Å². The molecule has 0 aliphatic rings. The fourth-order valence-corrected chi connectivity index (χ4v) is 0.812. The van der Waals surface area contributed by atoms with Gasteiger partial charge in [0.05, 0.1) is 0 Å². The van der Waals surface area contributed by atoms with Gasteiger partial charge in [-0.25, -0.2) is 4.39 Å². The highest BCUT2D eigenvalue weighted by Gasteiger charge is 1.99. The van der Waals surface area contributed by atoms with Gasteiger partial charge < -0.3 is 5.73 Å². The lowest BCUT2D eigenvalue weighted by atomic mass is 10.1. The molecule has 0 amide bonds. The first-order valence-electron chi connectivity index (χ1n) is 3.22. The first kappa shape index (κ1) is 10.9. The molecule has 0 heterocycles. The van der Waals surface area contributed by atoms with E-state index in [4.69, 9.17) is 11.1 Å². The standard InChI is InChI=1S/C8H9FN2.ClH/c1-5-4-6(8(10)11)2-3-7(5)9;/h2-4H,1H3,(H3,10,11);1H. The van der Waals surface area contributed by atoms with Crippen LogP contribution in [0.1, 0.15) is 11.1 Å². The summed E-state index contributed by atoms with van der Waals surface area (Å²) in [6.45, 7) is 1.64. The van der Waals surface area contributed by atoms with Crippen molar-refractivity contribution in [2.24, 2.45) is 5.73 Å².